The minimum atomic E-state index is -0.322. The SMILES string of the molecule is COc1ccccc1CCCNC(=O)C(C)n1cc(Br)cn1. The molecule has 6 heteroatoms. The van der Waals surface area contributed by atoms with Crippen molar-refractivity contribution < 1.29 is 9.53 Å². The Morgan fingerprint density at radius 2 is 2.23 bits per heavy atom. The lowest BCUT2D eigenvalue weighted by Gasteiger charge is -2.13. The van der Waals surface area contributed by atoms with Gasteiger partial charge in [-0.2, -0.15) is 5.10 Å². The number of ether oxygens (including phenoxy) is 1. The van der Waals surface area contributed by atoms with Crippen LogP contribution >= 0.6 is 15.9 Å². The molecule has 2 rings (SSSR count). The third kappa shape index (κ3) is 4.34. The highest BCUT2D eigenvalue weighted by molar-refractivity contribution is 9.10. The van der Waals surface area contributed by atoms with Crippen LogP contribution in [0.15, 0.2) is 41.1 Å². The third-order valence-corrected chi connectivity index (χ3v) is 3.87. The van der Waals surface area contributed by atoms with E-state index in [0.717, 1.165) is 28.6 Å². The summed E-state index contributed by atoms with van der Waals surface area (Å²) >= 11 is 3.33. The van der Waals surface area contributed by atoms with E-state index in [2.05, 4.69) is 26.3 Å². The normalized spacial score (nSPS) is 12.0. The predicted octanol–water partition coefficient (Wildman–Crippen LogP) is 2.96. The minimum Gasteiger partial charge on any atom is -0.496 e. The maximum absolute atomic E-state index is 12.1. The minimum absolute atomic E-state index is 0.0318. The van der Waals surface area contributed by atoms with Gasteiger partial charge in [0.05, 0.1) is 17.8 Å². The van der Waals surface area contributed by atoms with Crippen LogP contribution in [0.5, 0.6) is 5.75 Å². The molecule has 0 radical (unpaired) electrons. The molecule has 118 valence electrons. The van der Waals surface area contributed by atoms with E-state index in [-0.39, 0.29) is 11.9 Å². The Labute approximate surface area is 138 Å². The molecule has 0 aliphatic heterocycles. The maximum atomic E-state index is 12.1. The molecule has 1 heterocycles. The zero-order valence-electron chi connectivity index (χ0n) is 12.8. The van der Waals surface area contributed by atoms with Crippen LogP contribution in [-0.2, 0) is 11.2 Å². The van der Waals surface area contributed by atoms with Crippen LogP contribution in [0, 0.1) is 0 Å². The molecule has 0 aliphatic rings. The fraction of sp³-hybridized carbons (Fsp3) is 0.375. The van der Waals surface area contributed by atoms with Gasteiger partial charge in [0.2, 0.25) is 5.91 Å². The number of nitrogens with one attached hydrogen (secondary N) is 1. The number of benzene rings is 1. The van der Waals surface area contributed by atoms with Gasteiger partial charge in [0.1, 0.15) is 11.8 Å². The summed E-state index contributed by atoms with van der Waals surface area (Å²) in [4.78, 5) is 12.1. The first-order chi connectivity index (χ1) is 10.6. The second-order valence-electron chi connectivity index (χ2n) is 5.02. The Kier molecular flexibility index (Phi) is 6.00. The van der Waals surface area contributed by atoms with Gasteiger partial charge in [0, 0.05) is 12.7 Å². The summed E-state index contributed by atoms with van der Waals surface area (Å²) in [5.41, 5.74) is 1.16. The molecule has 0 aliphatic carbocycles. The van der Waals surface area contributed by atoms with Crippen molar-refractivity contribution in [1.82, 2.24) is 15.1 Å². The fourth-order valence-corrected chi connectivity index (χ4v) is 2.50. The summed E-state index contributed by atoms with van der Waals surface area (Å²) < 4.78 is 7.82. The third-order valence-electron chi connectivity index (χ3n) is 3.46. The van der Waals surface area contributed by atoms with Gasteiger partial charge in [-0.15, -0.1) is 0 Å². The van der Waals surface area contributed by atoms with Crippen LogP contribution in [0.25, 0.3) is 0 Å². The topological polar surface area (TPSA) is 56.1 Å². The first kappa shape index (κ1) is 16.5. The lowest BCUT2D eigenvalue weighted by Crippen LogP contribution is -2.32. The Bertz CT molecular complexity index is 627. The van der Waals surface area contributed by atoms with Gasteiger partial charge in [0.15, 0.2) is 0 Å². The molecule has 2 aromatic rings. The molecule has 0 saturated carbocycles. The number of para-hydroxylation sites is 1. The highest BCUT2D eigenvalue weighted by Gasteiger charge is 2.15. The van der Waals surface area contributed by atoms with Crippen molar-refractivity contribution in [2.45, 2.75) is 25.8 Å². The van der Waals surface area contributed by atoms with Crippen LogP contribution in [0.4, 0.5) is 0 Å². The molecule has 1 N–H and O–H groups in total. The quantitative estimate of drug-likeness (QED) is 0.767. The Hall–Kier alpha value is -1.82. The number of hydrogen-bond acceptors (Lipinski definition) is 3. The van der Waals surface area contributed by atoms with Crippen molar-refractivity contribution in [2.24, 2.45) is 0 Å². The first-order valence-electron chi connectivity index (χ1n) is 7.21. The summed E-state index contributed by atoms with van der Waals surface area (Å²) in [5, 5.41) is 7.07. The first-order valence-corrected chi connectivity index (χ1v) is 8.00. The average Bonchev–Trinajstić information content (AvgIpc) is 2.97. The number of rotatable bonds is 7. The van der Waals surface area contributed by atoms with Crippen LogP contribution in [0.2, 0.25) is 0 Å². The fourth-order valence-electron chi connectivity index (χ4n) is 2.19. The highest BCUT2D eigenvalue weighted by Crippen LogP contribution is 2.18. The summed E-state index contributed by atoms with van der Waals surface area (Å²) in [7, 11) is 1.67. The molecule has 1 unspecified atom stereocenters. The number of aromatic nitrogens is 2. The van der Waals surface area contributed by atoms with Gasteiger partial charge < -0.3 is 10.1 Å². The van der Waals surface area contributed by atoms with Crippen LogP contribution in [-0.4, -0.2) is 29.3 Å². The van der Waals surface area contributed by atoms with E-state index in [1.807, 2.05) is 31.2 Å². The van der Waals surface area contributed by atoms with E-state index >= 15 is 0 Å². The molecule has 5 nitrogen and oxygen atoms in total. The van der Waals surface area contributed by atoms with Gasteiger partial charge in [-0.3, -0.25) is 9.48 Å². The molecule has 0 saturated heterocycles. The largest absolute Gasteiger partial charge is 0.496 e. The number of carbonyl (C=O) groups excluding carboxylic acids is 1. The van der Waals surface area contributed by atoms with Crippen molar-refractivity contribution in [2.75, 3.05) is 13.7 Å². The Balaban J connectivity index is 1.77. The molecular weight excluding hydrogens is 346 g/mol. The standard InChI is InChI=1S/C16H20BrN3O2/c1-12(20-11-14(17)10-19-20)16(21)18-9-5-7-13-6-3-4-8-15(13)22-2/h3-4,6,8,10-12H,5,7,9H2,1-2H3,(H,18,21). The van der Waals surface area contributed by atoms with Crippen molar-refractivity contribution >= 4 is 21.8 Å². The monoisotopic (exact) mass is 365 g/mol. The van der Waals surface area contributed by atoms with Crippen LogP contribution in [0.3, 0.4) is 0 Å². The predicted molar refractivity (Wildman–Crippen MR) is 89.0 cm³/mol. The van der Waals surface area contributed by atoms with Gasteiger partial charge in [-0.05, 0) is 47.3 Å². The molecule has 1 aromatic heterocycles. The van der Waals surface area contributed by atoms with E-state index in [0.29, 0.717) is 6.54 Å². The van der Waals surface area contributed by atoms with E-state index in [9.17, 15) is 4.79 Å². The molecule has 0 fully saturated rings. The maximum Gasteiger partial charge on any atom is 0.244 e. The highest BCUT2D eigenvalue weighted by atomic mass is 79.9. The number of nitrogens with zero attached hydrogens (tertiary/aromatic N) is 2. The zero-order chi connectivity index (χ0) is 15.9. The van der Waals surface area contributed by atoms with Gasteiger partial charge in [0.25, 0.3) is 0 Å². The van der Waals surface area contributed by atoms with E-state index in [4.69, 9.17) is 4.74 Å². The molecular formula is C16H20BrN3O2. The molecule has 1 amide bonds. The number of halogens is 1. The molecule has 0 bridgehead atoms. The number of hydrogen-bond donors (Lipinski definition) is 1. The smallest absolute Gasteiger partial charge is 0.244 e. The number of amides is 1. The van der Waals surface area contributed by atoms with Crippen molar-refractivity contribution in [1.29, 1.82) is 0 Å². The molecule has 1 atom stereocenters. The summed E-state index contributed by atoms with van der Waals surface area (Å²) in [6, 6.07) is 7.62. The van der Waals surface area contributed by atoms with Crippen molar-refractivity contribution in [3.63, 3.8) is 0 Å². The van der Waals surface area contributed by atoms with Gasteiger partial charge in [-0.1, -0.05) is 18.2 Å². The summed E-state index contributed by atoms with van der Waals surface area (Å²) in [6.07, 6.45) is 5.19. The Morgan fingerprint density at radius 3 is 2.91 bits per heavy atom. The summed E-state index contributed by atoms with van der Waals surface area (Å²) in [5.74, 6) is 0.860. The van der Waals surface area contributed by atoms with E-state index in [1.165, 1.54) is 0 Å². The van der Waals surface area contributed by atoms with E-state index < -0.39 is 0 Å². The number of methoxy groups -OCH3 is 1. The van der Waals surface area contributed by atoms with E-state index in [1.54, 1.807) is 24.2 Å². The van der Waals surface area contributed by atoms with Gasteiger partial charge >= 0.3 is 0 Å². The average molecular weight is 366 g/mol. The van der Waals surface area contributed by atoms with Crippen LogP contribution < -0.4 is 10.1 Å². The second-order valence-corrected chi connectivity index (χ2v) is 5.94. The number of aryl methyl sites for hydroxylation is 1. The van der Waals surface area contributed by atoms with Crippen LogP contribution in [0.1, 0.15) is 24.9 Å². The lowest BCUT2D eigenvalue weighted by molar-refractivity contribution is -0.124. The number of carbonyl (C=O) groups is 1. The van der Waals surface area contributed by atoms with Crippen molar-refractivity contribution in [3.05, 3.63) is 46.7 Å². The van der Waals surface area contributed by atoms with Gasteiger partial charge in [-0.25, -0.2) is 0 Å². The van der Waals surface area contributed by atoms with Crippen molar-refractivity contribution in [3.8, 4) is 5.75 Å². The molecule has 0 spiro atoms. The Morgan fingerprint density at radius 1 is 1.45 bits per heavy atom. The lowest BCUT2D eigenvalue weighted by atomic mass is 10.1. The summed E-state index contributed by atoms with van der Waals surface area (Å²) in [6.45, 7) is 2.46. The second kappa shape index (κ2) is 7.98. The molecule has 22 heavy (non-hydrogen) atoms. The zero-order valence-corrected chi connectivity index (χ0v) is 14.3. The molecule has 1 aromatic carbocycles.